The first kappa shape index (κ1) is 20.1. The standard InChI is InChI=1S/C22H29N3O3/c1-4-8-17(21(27)28)18-19(16-11-9-15(2)10-12-16)23-22(24(3)20(18)26)25-13-6-5-7-14-25/h9-12,17H,4-8,13-14H2,1-3H3,(H,27,28). The minimum Gasteiger partial charge on any atom is -0.481 e. The Kier molecular flexibility index (Phi) is 6.17. The van der Waals surface area contributed by atoms with Gasteiger partial charge in [0, 0.05) is 25.7 Å². The summed E-state index contributed by atoms with van der Waals surface area (Å²) >= 11 is 0. The van der Waals surface area contributed by atoms with E-state index in [4.69, 9.17) is 4.98 Å². The van der Waals surface area contributed by atoms with Crippen LogP contribution >= 0.6 is 0 Å². The van der Waals surface area contributed by atoms with Gasteiger partial charge in [-0.2, -0.15) is 0 Å². The number of aromatic nitrogens is 2. The molecule has 0 spiro atoms. The molecule has 0 saturated carbocycles. The number of hydrogen-bond acceptors (Lipinski definition) is 4. The number of carboxylic acids is 1. The topological polar surface area (TPSA) is 75.4 Å². The summed E-state index contributed by atoms with van der Waals surface area (Å²) in [6.07, 6.45) is 4.43. The van der Waals surface area contributed by atoms with Crippen LogP contribution in [0.3, 0.4) is 0 Å². The van der Waals surface area contributed by atoms with Crippen molar-refractivity contribution in [2.45, 2.75) is 51.9 Å². The fourth-order valence-electron chi connectivity index (χ4n) is 3.91. The summed E-state index contributed by atoms with van der Waals surface area (Å²) in [4.78, 5) is 32.3. The van der Waals surface area contributed by atoms with Crippen molar-refractivity contribution in [3.63, 3.8) is 0 Å². The van der Waals surface area contributed by atoms with Crippen LogP contribution in [0.1, 0.15) is 56.1 Å². The maximum atomic E-state index is 13.3. The molecule has 1 aliphatic rings. The van der Waals surface area contributed by atoms with Crippen molar-refractivity contribution in [1.82, 2.24) is 9.55 Å². The Labute approximate surface area is 165 Å². The van der Waals surface area contributed by atoms with Crippen LogP contribution in [0.2, 0.25) is 0 Å². The molecule has 28 heavy (non-hydrogen) atoms. The summed E-state index contributed by atoms with van der Waals surface area (Å²) in [6.45, 7) is 5.66. The monoisotopic (exact) mass is 383 g/mol. The van der Waals surface area contributed by atoms with E-state index in [-0.39, 0.29) is 5.56 Å². The first-order valence-electron chi connectivity index (χ1n) is 10.1. The zero-order chi connectivity index (χ0) is 20.3. The van der Waals surface area contributed by atoms with Gasteiger partial charge in [-0.05, 0) is 32.6 Å². The Balaban J connectivity index is 2.24. The molecule has 2 heterocycles. The Morgan fingerprint density at radius 1 is 1.18 bits per heavy atom. The van der Waals surface area contributed by atoms with Gasteiger partial charge in [-0.1, -0.05) is 43.2 Å². The summed E-state index contributed by atoms with van der Waals surface area (Å²) < 4.78 is 1.53. The molecule has 6 nitrogen and oxygen atoms in total. The van der Waals surface area contributed by atoms with Gasteiger partial charge in [-0.25, -0.2) is 4.98 Å². The third kappa shape index (κ3) is 3.96. The highest BCUT2D eigenvalue weighted by molar-refractivity contribution is 5.80. The highest BCUT2D eigenvalue weighted by Gasteiger charge is 2.29. The molecule has 1 saturated heterocycles. The predicted molar refractivity (Wildman–Crippen MR) is 111 cm³/mol. The average Bonchev–Trinajstić information content (AvgIpc) is 2.70. The number of hydrogen-bond donors (Lipinski definition) is 1. The van der Waals surface area contributed by atoms with Crippen molar-refractivity contribution >= 4 is 11.9 Å². The minimum atomic E-state index is -0.972. The molecular formula is C22H29N3O3. The first-order chi connectivity index (χ1) is 13.4. The molecule has 150 valence electrons. The second-order valence-corrected chi connectivity index (χ2v) is 7.63. The molecule has 1 unspecified atom stereocenters. The van der Waals surface area contributed by atoms with E-state index < -0.39 is 11.9 Å². The lowest BCUT2D eigenvalue weighted by Gasteiger charge is -2.30. The van der Waals surface area contributed by atoms with Gasteiger partial charge in [0.1, 0.15) is 0 Å². The van der Waals surface area contributed by atoms with Gasteiger partial charge >= 0.3 is 5.97 Å². The van der Waals surface area contributed by atoms with E-state index in [9.17, 15) is 14.7 Å². The van der Waals surface area contributed by atoms with Gasteiger partial charge in [0.05, 0.1) is 17.2 Å². The SMILES string of the molecule is CCCC(C(=O)O)c1c(-c2ccc(C)cc2)nc(N2CCCCC2)n(C)c1=O. The number of carbonyl (C=O) groups is 1. The summed E-state index contributed by atoms with van der Waals surface area (Å²) in [7, 11) is 1.70. The maximum Gasteiger partial charge on any atom is 0.311 e. The number of piperidine rings is 1. The van der Waals surface area contributed by atoms with Crippen LogP contribution in [-0.4, -0.2) is 33.7 Å². The Morgan fingerprint density at radius 2 is 1.82 bits per heavy atom. The number of rotatable bonds is 6. The molecule has 1 atom stereocenters. The zero-order valence-corrected chi connectivity index (χ0v) is 16.9. The first-order valence-corrected chi connectivity index (χ1v) is 10.1. The minimum absolute atomic E-state index is 0.257. The van der Waals surface area contributed by atoms with Crippen molar-refractivity contribution in [2.75, 3.05) is 18.0 Å². The molecule has 1 N–H and O–H groups in total. The summed E-state index contributed by atoms with van der Waals surface area (Å²) in [5.41, 5.74) is 2.44. The van der Waals surface area contributed by atoms with Crippen molar-refractivity contribution in [1.29, 1.82) is 0 Å². The Morgan fingerprint density at radius 3 is 2.39 bits per heavy atom. The number of anilines is 1. The van der Waals surface area contributed by atoms with E-state index >= 15 is 0 Å². The molecule has 0 aliphatic carbocycles. The lowest BCUT2D eigenvalue weighted by atomic mass is 9.91. The summed E-state index contributed by atoms with van der Waals surface area (Å²) in [5, 5.41) is 9.82. The van der Waals surface area contributed by atoms with Gasteiger partial charge in [0.2, 0.25) is 5.95 Å². The van der Waals surface area contributed by atoms with Crippen molar-refractivity contribution in [2.24, 2.45) is 7.05 Å². The average molecular weight is 383 g/mol. The zero-order valence-electron chi connectivity index (χ0n) is 16.9. The summed E-state index contributed by atoms with van der Waals surface area (Å²) in [6, 6.07) is 7.78. The molecule has 3 rings (SSSR count). The van der Waals surface area contributed by atoms with E-state index in [2.05, 4.69) is 4.90 Å². The fraction of sp³-hybridized carbons (Fsp3) is 0.500. The number of aliphatic carboxylic acids is 1. The van der Waals surface area contributed by atoms with Gasteiger partial charge in [0.25, 0.3) is 5.56 Å². The molecule has 0 radical (unpaired) electrons. The fourth-order valence-corrected chi connectivity index (χ4v) is 3.91. The molecule has 0 amide bonds. The van der Waals surface area contributed by atoms with E-state index in [0.717, 1.165) is 37.1 Å². The predicted octanol–water partition coefficient (Wildman–Crippen LogP) is 3.71. The smallest absolute Gasteiger partial charge is 0.311 e. The molecule has 1 aromatic heterocycles. The van der Waals surface area contributed by atoms with Gasteiger partial charge in [-0.3, -0.25) is 14.2 Å². The highest BCUT2D eigenvalue weighted by Crippen LogP contribution is 2.31. The Bertz CT molecular complexity index is 896. The van der Waals surface area contributed by atoms with E-state index in [0.29, 0.717) is 30.0 Å². The summed E-state index contributed by atoms with van der Waals surface area (Å²) in [5.74, 6) is -1.20. The third-order valence-electron chi connectivity index (χ3n) is 5.49. The number of benzene rings is 1. The second-order valence-electron chi connectivity index (χ2n) is 7.63. The lowest BCUT2D eigenvalue weighted by Crippen LogP contribution is -2.38. The number of carboxylic acid groups (broad SMARTS) is 1. The van der Waals surface area contributed by atoms with Gasteiger partial charge in [0.15, 0.2) is 0 Å². The van der Waals surface area contributed by atoms with Gasteiger partial charge < -0.3 is 10.0 Å². The molecule has 6 heteroatoms. The van der Waals surface area contributed by atoms with E-state index in [1.54, 1.807) is 7.05 Å². The van der Waals surface area contributed by atoms with Crippen LogP contribution in [0.25, 0.3) is 11.3 Å². The van der Waals surface area contributed by atoms with Crippen LogP contribution < -0.4 is 10.5 Å². The molecule has 0 bridgehead atoms. The van der Waals surface area contributed by atoms with Crippen molar-refractivity contribution in [3.8, 4) is 11.3 Å². The van der Waals surface area contributed by atoms with Crippen molar-refractivity contribution < 1.29 is 9.90 Å². The molecule has 1 fully saturated rings. The van der Waals surface area contributed by atoms with Gasteiger partial charge in [-0.15, -0.1) is 0 Å². The van der Waals surface area contributed by atoms with Crippen LogP contribution in [0.4, 0.5) is 5.95 Å². The maximum absolute atomic E-state index is 13.3. The van der Waals surface area contributed by atoms with Crippen LogP contribution in [0.5, 0.6) is 0 Å². The Hall–Kier alpha value is -2.63. The number of nitrogens with zero attached hydrogens (tertiary/aromatic N) is 3. The second kappa shape index (κ2) is 8.59. The molecule has 1 aliphatic heterocycles. The lowest BCUT2D eigenvalue weighted by molar-refractivity contribution is -0.139. The van der Waals surface area contributed by atoms with Crippen LogP contribution in [-0.2, 0) is 11.8 Å². The number of aryl methyl sites for hydroxylation is 1. The quantitative estimate of drug-likeness (QED) is 0.823. The largest absolute Gasteiger partial charge is 0.481 e. The van der Waals surface area contributed by atoms with Crippen molar-refractivity contribution in [3.05, 3.63) is 45.7 Å². The van der Waals surface area contributed by atoms with Crippen LogP contribution in [0, 0.1) is 6.92 Å². The normalized spacial score (nSPS) is 15.5. The molecule has 2 aromatic rings. The van der Waals surface area contributed by atoms with E-state index in [1.165, 1.54) is 11.0 Å². The molecule has 1 aromatic carbocycles. The van der Waals surface area contributed by atoms with E-state index in [1.807, 2.05) is 38.1 Å². The highest BCUT2D eigenvalue weighted by atomic mass is 16.4. The third-order valence-corrected chi connectivity index (χ3v) is 5.49. The molecular weight excluding hydrogens is 354 g/mol. The van der Waals surface area contributed by atoms with Crippen LogP contribution in [0.15, 0.2) is 29.1 Å².